The molecule has 1 unspecified atom stereocenters. The number of thiophene rings is 1. The molecule has 0 aliphatic carbocycles. The highest BCUT2D eigenvalue weighted by atomic mass is 35.5. The van der Waals surface area contributed by atoms with E-state index in [9.17, 15) is 8.42 Å². The third-order valence-electron chi connectivity index (χ3n) is 2.12. The lowest BCUT2D eigenvalue weighted by molar-refractivity contribution is 0.465. The molecule has 0 aliphatic heterocycles. The van der Waals surface area contributed by atoms with Crippen molar-refractivity contribution in [3.8, 4) is 0 Å². The van der Waals surface area contributed by atoms with Gasteiger partial charge in [-0.2, -0.15) is 0 Å². The molecule has 0 bridgehead atoms. The van der Waals surface area contributed by atoms with Crippen LogP contribution in [0.25, 0.3) is 0 Å². The minimum Gasteiger partial charge on any atom is -0.329 e. The van der Waals surface area contributed by atoms with E-state index < -0.39 is 10.0 Å². The first-order valence-corrected chi connectivity index (χ1v) is 7.58. The Labute approximate surface area is 113 Å². The first kappa shape index (κ1) is 16.9. The molecule has 0 spiro atoms. The molecule has 17 heavy (non-hydrogen) atoms. The number of halogens is 1. The van der Waals surface area contributed by atoms with Gasteiger partial charge in [-0.25, -0.2) is 13.1 Å². The normalized spacial score (nSPS) is 13.4. The fourth-order valence-electron chi connectivity index (χ4n) is 1.46. The average Bonchev–Trinajstić information content (AvgIpc) is 2.68. The third kappa shape index (κ3) is 5.35. The minimum absolute atomic E-state index is 0. The molecule has 3 N–H and O–H groups in total. The van der Waals surface area contributed by atoms with Gasteiger partial charge in [0.1, 0.15) is 4.21 Å². The van der Waals surface area contributed by atoms with Gasteiger partial charge in [0, 0.05) is 12.6 Å². The largest absolute Gasteiger partial charge is 0.329 e. The van der Waals surface area contributed by atoms with Crippen molar-refractivity contribution in [1.29, 1.82) is 0 Å². The molecule has 0 saturated heterocycles. The van der Waals surface area contributed by atoms with E-state index in [-0.39, 0.29) is 18.4 Å². The molecule has 0 saturated carbocycles. The summed E-state index contributed by atoms with van der Waals surface area (Å²) in [5, 5.41) is 1.74. The maximum atomic E-state index is 11.9. The lowest BCUT2D eigenvalue weighted by atomic mass is 10.1. The molecule has 100 valence electrons. The highest BCUT2D eigenvalue weighted by molar-refractivity contribution is 7.91. The first-order valence-electron chi connectivity index (χ1n) is 5.21. The van der Waals surface area contributed by atoms with Crippen LogP contribution in [0.2, 0.25) is 0 Å². The van der Waals surface area contributed by atoms with Crippen LogP contribution in [0.5, 0.6) is 0 Å². The Hall–Kier alpha value is -0.140. The molecule has 0 radical (unpaired) electrons. The molecule has 1 aromatic heterocycles. The zero-order chi connectivity index (χ0) is 12.2. The van der Waals surface area contributed by atoms with Gasteiger partial charge < -0.3 is 5.73 Å². The van der Waals surface area contributed by atoms with Gasteiger partial charge in [-0.3, -0.25) is 0 Å². The van der Waals surface area contributed by atoms with Crippen LogP contribution in [0.3, 0.4) is 0 Å². The van der Waals surface area contributed by atoms with Crippen molar-refractivity contribution >= 4 is 33.8 Å². The summed E-state index contributed by atoms with van der Waals surface area (Å²) >= 11 is 1.21. The van der Waals surface area contributed by atoms with Crippen molar-refractivity contribution < 1.29 is 8.42 Å². The molecular formula is C10H19ClN2O2S2. The van der Waals surface area contributed by atoms with Crippen LogP contribution in [0.1, 0.15) is 20.3 Å². The van der Waals surface area contributed by atoms with E-state index in [4.69, 9.17) is 5.73 Å². The Morgan fingerprint density at radius 1 is 1.47 bits per heavy atom. The number of hydrogen-bond acceptors (Lipinski definition) is 4. The molecule has 1 rings (SSSR count). The van der Waals surface area contributed by atoms with Crippen LogP contribution < -0.4 is 10.5 Å². The smallest absolute Gasteiger partial charge is 0.250 e. The zero-order valence-electron chi connectivity index (χ0n) is 9.92. The second-order valence-corrected chi connectivity index (χ2v) is 7.00. The summed E-state index contributed by atoms with van der Waals surface area (Å²) in [5.41, 5.74) is 5.56. The summed E-state index contributed by atoms with van der Waals surface area (Å²) in [6.45, 7) is 4.41. The first-order chi connectivity index (χ1) is 7.45. The van der Waals surface area contributed by atoms with E-state index >= 15 is 0 Å². The minimum atomic E-state index is -3.39. The number of hydrogen-bond donors (Lipinski definition) is 2. The van der Waals surface area contributed by atoms with Crippen LogP contribution in [0.4, 0.5) is 0 Å². The third-order valence-corrected chi connectivity index (χ3v) is 5.04. The zero-order valence-corrected chi connectivity index (χ0v) is 12.4. The van der Waals surface area contributed by atoms with Gasteiger partial charge in [0.05, 0.1) is 0 Å². The number of rotatable bonds is 6. The number of nitrogens with two attached hydrogens (primary N) is 1. The summed E-state index contributed by atoms with van der Waals surface area (Å²) in [5.74, 6) is 0.416. The number of nitrogens with one attached hydrogen (secondary N) is 1. The van der Waals surface area contributed by atoms with Crippen molar-refractivity contribution in [1.82, 2.24) is 4.72 Å². The highest BCUT2D eigenvalue weighted by Gasteiger charge is 2.20. The van der Waals surface area contributed by atoms with E-state index in [2.05, 4.69) is 4.72 Å². The van der Waals surface area contributed by atoms with Gasteiger partial charge in [-0.05, 0) is 23.8 Å². The standard InChI is InChI=1S/C10H18N2O2S2.ClH/c1-8(2)6-9(7-11)12-16(13,14)10-4-3-5-15-10;/h3-5,8-9,12H,6-7,11H2,1-2H3;1H. The fraction of sp³-hybridized carbons (Fsp3) is 0.600. The summed E-state index contributed by atoms with van der Waals surface area (Å²) in [4.78, 5) is 0. The van der Waals surface area contributed by atoms with E-state index in [0.717, 1.165) is 6.42 Å². The van der Waals surface area contributed by atoms with Gasteiger partial charge in [-0.15, -0.1) is 23.7 Å². The Balaban J connectivity index is 0.00000256. The van der Waals surface area contributed by atoms with Crippen LogP contribution in [-0.2, 0) is 10.0 Å². The van der Waals surface area contributed by atoms with Crippen LogP contribution in [0.15, 0.2) is 21.7 Å². The van der Waals surface area contributed by atoms with Crippen LogP contribution in [0, 0.1) is 5.92 Å². The van der Waals surface area contributed by atoms with Gasteiger partial charge in [0.15, 0.2) is 0 Å². The lowest BCUT2D eigenvalue weighted by Gasteiger charge is -2.18. The maximum Gasteiger partial charge on any atom is 0.250 e. The SMILES string of the molecule is CC(C)CC(CN)NS(=O)(=O)c1cccs1.Cl. The molecule has 0 fully saturated rings. The Morgan fingerprint density at radius 3 is 2.53 bits per heavy atom. The summed E-state index contributed by atoms with van der Waals surface area (Å²) in [6, 6.07) is 3.13. The lowest BCUT2D eigenvalue weighted by Crippen LogP contribution is -2.40. The molecule has 0 amide bonds. The molecular weight excluding hydrogens is 280 g/mol. The van der Waals surface area contributed by atoms with Gasteiger partial charge in [0.2, 0.25) is 10.0 Å². The van der Waals surface area contributed by atoms with Crippen molar-refractivity contribution in [3.63, 3.8) is 0 Å². The van der Waals surface area contributed by atoms with Gasteiger partial charge >= 0.3 is 0 Å². The fourth-order valence-corrected chi connectivity index (χ4v) is 3.73. The Kier molecular flexibility index (Phi) is 7.27. The quantitative estimate of drug-likeness (QED) is 0.841. The molecule has 1 atom stereocenters. The number of sulfonamides is 1. The van der Waals surface area contributed by atoms with E-state index in [0.29, 0.717) is 16.7 Å². The van der Waals surface area contributed by atoms with E-state index in [1.165, 1.54) is 11.3 Å². The summed E-state index contributed by atoms with van der Waals surface area (Å²) < 4.78 is 26.8. The van der Waals surface area contributed by atoms with Gasteiger partial charge in [-0.1, -0.05) is 19.9 Å². The van der Waals surface area contributed by atoms with Crippen molar-refractivity contribution in [3.05, 3.63) is 17.5 Å². The van der Waals surface area contributed by atoms with Crippen LogP contribution >= 0.6 is 23.7 Å². The van der Waals surface area contributed by atoms with Gasteiger partial charge in [0.25, 0.3) is 0 Å². The predicted octanol–water partition coefficient (Wildman–Crippen LogP) is 1.82. The predicted molar refractivity (Wildman–Crippen MR) is 74.2 cm³/mol. The molecule has 1 heterocycles. The summed E-state index contributed by atoms with van der Waals surface area (Å²) in [7, 11) is -3.39. The van der Waals surface area contributed by atoms with E-state index in [1.807, 2.05) is 13.8 Å². The second kappa shape index (κ2) is 7.33. The molecule has 7 heteroatoms. The van der Waals surface area contributed by atoms with Crippen molar-refractivity contribution in [2.24, 2.45) is 11.7 Å². The van der Waals surface area contributed by atoms with Crippen molar-refractivity contribution in [2.75, 3.05) is 6.54 Å². The van der Waals surface area contributed by atoms with Crippen molar-refractivity contribution in [2.45, 2.75) is 30.5 Å². The molecule has 1 aromatic rings. The Morgan fingerprint density at radius 2 is 2.12 bits per heavy atom. The topological polar surface area (TPSA) is 72.2 Å². The molecule has 4 nitrogen and oxygen atoms in total. The second-order valence-electron chi connectivity index (χ2n) is 4.12. The molecule has 0 aliphatic rings. The highest BCUT2D eigenvalue weighted by Crippen LogP contribution is 2.16. The summed E-state index contributed by atoms with van der Waals surface area (Å²) in [6.07, 6.45) is 0.751. The average molecular weight is 299 g/mol. The van der Waals surface area contributed by atoms with Crippen LogP contribution in [-0.4, -0.2) is 21.0 Å². The Bertz CT molecular complexity index is 404. The monoisotopic (exact) mass is 298 g/mol. The molecule has 0 aromatic carbocycles. The maximum absolute atomic E-state index is 11.9. The van der Waals surface area contributed by atoms with E-state index in [1.54, 1.807) is 17.5 Å².